The van der Waals surface area contributed by atoms with Gasteiger partial charge in [-0.25, -0.2) is 0 Å². The number of nitrogens with one attached hydrogen (secondary N) is 1. The molecule has 1 heterocycles. The van der Waals surface area contributed by atoms with Gasteiger partial charge in [0.05, 0.1) is 14.2 Å². The number of rotatable bonds is 5. The van der Waals surface area contributed by atoms with E-state index in [-0.39, 0.29) is 0 Å². The Kier molecular flexibility index (Phi) is 6.31. The monoisotopic (exact) mass is 322 g/mol. The zero-order valence-corrected chi connectivity index (χ0v) is 14.5. The van der Waals surface area contributed by atoms with Crippen LogP contribution in [0.1, 0.15) is 25.3 Å². The fraction of sp³-hybridized carbons (Fsp3) is 0.588. The molecule has 1 N–H and O–H groups in total. The first-order valence-corrected chi connectivity index (χ1v) is 8.28. The number of hydrogen-bond donors (Lipinski definition) is 1. The van der Waals surface area contributed by atoms with Crippen molar-refractivity contribution < 1.29 is 9.47 Å². The second kappa shape index (κ2) is 8.22. The van der Waals surface area contributed by atoms with Gasteiger partial charge in [0.1, 0.15) is 0 Å². The van der Waals surface area contributed by atoms with Crippen molar-refractivity contribution in [3.8, 4) is 11.5 Å². The van der Waals surface area contributed by atoms with Gasteiger partial charge in [0.2, 0.25) is 0 Å². The first-order chi connectivity index (χ1) is 10.6. The van der Waals surface area contributed by atoms with E-state index < -0.39 is 0 Å². The average Bonchev–Trinajstić information content (AvgIpc) is 2.54. The maximum atomic E-state index is 5.50. The molecule has 0 radical (unpaired) electrons. The van der Waals surface area contributed by atoms with Crippen LogP contribution in [-0.2, 0) is 6.42 Å². The normalized spacial score (nSPS) is 18.0. The third kappa shape index (κ3) is 4.50. The number of piperidine rings is 1. The zero-order chi connectivity index (χ0) is 15.9. The van der Waals surface area contributed by atoms with E-state index in [4.69, 9.17) is 21.7 Å². The van der Waals surface area contributed by atoms with Gasteiger partial charge in [-0.1, -0.05) is 13.0 Å². The molecule has 2 rings (SSSR count). The lowest BCUT2D eigenvalue weighted by Gasteiger charge is -2.33. The van der Waals surface area contributed by atoms with Crippen molar-refractivity contribution in [3.63, 3.8) is 0 Å². The van der Waals surface area contributed by atoms with Gasteiger partial charge in [-0.2, -0.15) is 0 Å². The topological polar surface area (TPSA) is 33.7 Å². The fourth-order valence-electron chi connectivity index (χ4n) is 2.84. The predicted octanol–water partition coefficient (Wildman–Crippen LogP) is 2.85. The minimum Gasteiger partial charge on any atom is -0.493 e. The second-order valence-corrected chi connectivity index (χ2v) is 6.25. The summed E-state index contributed by atoms with van der Waals surface area (Å²) in [6.45, 7) is 5.27. The molecule has 1 fully saturated rings. The summed E-state index contributed by atoms with van der Waals surface area (Å²) in [5.41, 5.74) is 1.21. The molecule has 0 aromatic heterocycles. The van der Waals surface area contributed by atoms with E-state index >= 15 is 0 Å². The molecule has 1 aromatic rings. The Bertz CT molecular complexity index is 507. The number of thiocarbonyl (C=S) groups is 1. The molecular weight excluding hydrogens is 296 g/mol. The lowest BCUT2D eigenvalue weighted by atomic mass is 10.0. The summed E-state index contributed by atoms with van der Waals surface area (Å²) < 4.78 is 10.6. The summed E-state index contributed by atoms with van der Waals surface area (Å²) in [7, 11) is 3.31. The van der Waals surface area contributed by atoms with Crippen LogP contribution in [0.4, 0.5) is 0 Å². The van der Waals surface area contributed by atoms with Crippen LogP contribution >= 0.6 is 12.2 Å². The Balaban J connectivity index is 1.82. The number of benzene rings is 1. The van der Waals surface area contributed by atoms with Gasteiger partial charge in [-0.15, -0.1) is 0 Å². The van der Waals surface area contributed by atoms with Crippen molar-refractivity contribution in [1.82, 2.24) is 10.2 Å². The molecule has 0 bridgehead atoms. The Hall–Kier alpha value is -1.49. The largest absolute Gasteiger partial charge is 0.493 e. The summed E-state index contributed by atoms with van der Waals surface area (Å²) in [5, 5.41) is 4.25. The Morgan fingerprint density at radius 2 is 2.09 bits per heavy atom. The van der Waals surface area contributed by atoms with Crippen molar-refractivity contribution in [2.45, 2.75) is 26.2 Å². The van der Waals surface area contributed by atoms with E-state index in [1.54, 1.807) is 14.2 Å². The highest BCUT2D eigenvalue weighted by atomic mass is 32.1. The summed E-state index contributed by atoms with van der Waals surface area (Å²) in [4.78, 5) is 2.29. The van der Waals surface area contributed by atoms with Crippen LogP contribution in [0, 0.1) is 5.92 Å². The van der Waals surface area contributed by atoms with Crippen LogP contribution in [0.2, 0.25) is 0 Å². The van der Waals surface area contributed by atoms with Gasteiger partial charge in [0.25, 0.3) is 0 Å². The first-order valence-electron chi connectivity index (χ1n) is 7.87. The van der Waals surface area contributed by atoms with Gasteiger partial charge >= 0.3 is 0 Å². The van der Waals surface area contributed by atoms with Crippen LogP contribution in [0.25, 0.3) is 0 Å². The van der Waals surface area contributed by atoms with Crippen LogP contribution in [0.3, 0.4) is 0 Å². The molecule has 1 saturated heterocycles. The maximum Gasteiger partial charge on any atom is 0.168 e. The third-order valence-electron chi connectivity index (χ3n) is 4.08. The lowest BCUT2D eigenvalue weighted by molar-refractivity contribution is 0.270. The highest BCUT2D eigenvalue weighted by Gasteiger charge is 2.18. The molecule has 0 amide bonds. The van der Waals surface area contributed by atoms with Crippen molar-refractivity contribution >= 4 is 17.3 Å². The number of likely N-dealkylation sites (tertiary alicyclic amines) is 1. The van der Waals surface area contributed by atoms with Crippen molar-refractivity contribution in [1.29, 1.82) is 0 Å². The molecule has 0 saturated carbocycles. The second-order valence-electron chi connectivity index (χ2n) is 5.86. The predicted molar refractivity (Wildman–Crippen MR) is 93.8 cm³/mol. The third-order valence-corrected chi connectivity index (χ3v) is 4.48. The van der Waals surface area contributed by atoms with E-state index in [0.29, 0.717) is 0 Å². The Labute approximate surface area is 138 Å². The quantitative estimate of drug-likeness (QED) is 0.843. The molecule has 1 aliphatic heterocycles. The zero-order valence-electron chi connectivity index (χ0n) is 13.7. The number of ether oxygens (including phenoxy) is 2. The molecule has 5 heteroatoms. The molecule has 122 valence electrons. The molecule has 1 unspecified atom stereocenters. The van der Waals surface area contributed by atoms with Gasteiger partial charge in [0, 0.05) is 19.6 Å². The fourth-order valence-corrected chi connectivity index (χ4v) is 3.10. The van der Waals surface area contributed by atoms with Gasteiger partial charge < -0.3 is 19.7 Å². The molecule has 1 aromatic carbocycles. The van der Waals surface area contributed by atoms with Crippen LogP contribution in [0.5, 0.6) is 11.5 Å². The van der Waals surface area contributed by atoms with E-state index in [0.717, 1.165) is 48.6 Å². The molecule has 0 aliphatic carbocycles. The number of nitrogens with zero attached hydrogens (tertiary/aromatic N) is 1. The highest BCUT2D eigenvalue weighted by molar-refractivity contribution is 7.80. The van der Waals surface area contributed by atoms with Crippen LogP contribution in [0.15, 0.2) is 18.2 Å². The average molecular weight is 322 g/mol. The molecule has 22 heavy (non-hydrogen) atoms. The van der Waals surface area contributed by atoms with Crippen LogP contribution < -0.4 is 14.8 Å². The van der Waals surface area contributed by atoms with E-state index in [1.807, 2.05) is 12.1 Å². The highest BCUT2D eigenvalue weighted by Crippen LogP contribution is 2.27. The first kappa shape index (κ1) is 16.9. The molecule has 1 aliphatic rings. The molecular formula is C17H26N2O2S. The van der Waals surface area contributed by atoms with Gasteiger partial charge in [-0.3, -0.25) is 0 Å². The minimum atomic E-state index is 0.736. The van der Waals surface area contributed by atoms with Gasteiger partial charge in [0.15, 0.2) is 16.6 Å². The van der Waals surface area contributed by atoms with Crippen molar-refractivity contribution in [3.05, 3.63) is 23.8 Å². The number of methoxy groups -OCH3 is 2. The minimum absolute atomic E-state index is 0.736. The van der Waals surface area contributed by atoms with Crippen molar-refractivity contribution in [2.75, 3.05) is 33.9 Å². The molecule has 1 atom stereocenters. The summed E-state index contributed by atoms with van der Waals surface area (Å²) in [6.07, 6.45) is 3.45. The number of hydrogen-bond acceptors (Lipinski definition) is 3. The maximum absolute atomic E-state index is 5.50. The smallest absolute Gasteiger partial charge is 0.168 e. The Morgan fingerprint density at radius 3 is 2.77 bits per heavy atom. The lowest BCUT2D eigenvalue weighted by Crippen LogP contribution is -2.45. The van der Waals surface area contributed by atoms with Gasteiger partial charge in [-0.05, 0) is 55.1 Å². The molecule has 4 nitrogen and oxygen atoms in total. The van der Waals surface area contributed by atoms with Crippen molar-refractivity contribution in [2.24, 2.45) is 5.92 Å². The SMILES string of the molecule is COc1ccc(CCNC(=S)N2CCCC(C)C2)cc1OC. The van der Waals surface area contributed by atoms with E-state index in [2.05, 4.69) is 23.2 Å². The van der Waals surface area contributed by atoms with E-state index in [9.17, 15) is 0 Å². The van der Waals surface area contributed by atoms with Crippen LogP contribution in [-0.4, -0.2) is 43.9 Å². The molecule has 0 spiro atoms. The standard InChI is InChI=1S/C17H26N2O2S/c1-13-5-4-10-19(12-13)17(22)18-9-8-14-6-7-15(20-2)16(11-14)21-3/h6-7,11,13H,4-5,8-10,12H2,1-3H3,(H,18,22). The summed E-state index contributed by atoms with van der Waals surface area (Å²) >= 11 is 5.50. The Morgan fingerprint density at radius 1 is 1.32 bits per heavy atom. The van der Waals surface area contributed by atoms with E-state index in [1.165, 1.54) is 18.4 Å². The summed E-state index contributed by atoms with van der Waals surface area (Å²) in [5.74, 6) is 2.27. The summed E-state index contributed by atoms with van der Waals surface area (Å²) in [6, 6.07) is 6.03.